The molecule has 0 spiro atoms. The van der Waals surface area contributed by atoms with Crippen molar-refractivity contribution in [1.82, 2.24) is 10.1 Å². The number of aromatic nitrogens is 2. The fourth-order valence-electron chi connectivity index (χ4n) is 1.52. The van der Waals surface area contributed by atoms with Gasteiger partial charge in [0, 0.05) is 6.61 Å². The van der Waals surface area contributed by atoms with E-state index in [9.17, 15) is 0 Å². The molecule has 1 fully saturated rings. The minimum Gasteiger partial charge on any atom is -0.446 e. The molecule has 1 atom stereocenters. The largest absolute Gasteiger partial charge is 0.446 e. The quantitative estimate of drug-likeness (QED) is 0.675. The molecule has 90 valence electrons. The van der Waals surface area contributed by atoms with E-state index in [1.54, 1.807) is 6.92 Å². The van der Waals surface area contributed by atoms with E-state index in [4.69, 9.17) is 18.7 Å². The number of rotatable bonds is 6. The number of hydrogen-bond acceptors (Lipinski definition) is 6. The van der Waals surface area contributed by atoms with E-state index in [2.05, 4.69) is 10.1 Å². The molecule has 16 heavy (non-hydrogen) atoms. The Hall–Kier alpha value is -1.14. The molecule has 1 aliphatic rings. The molecule has 0 aromatic carbocycles. The van der Waals surface area contributed by atoms with Crippen molar-refractivity contribution in [2.45, 2.75) is 25.9 Å². The van der Waals surface area contributed by atoms with Gasteiger partial charge in [-0.2, -0.15) is 4.98 Å². The summed E-state index contributed by atoms with van der Waals surface area (Å²) in [7, 11) is 0. The Labute approximate surface area is 93.9 Å². The molecule has 1 aromatic rings. The SMILES string of the molecule is Cc1noc(OCCOC[C@@H]2CCCO2)n1. The van der Waals surface area contributed by atoms with Crippen LogP contribution in [0.3, 0.4) is 0 Å². The van der Waals surface area contributed by atoms with E-state index >= 15 is 0 Å². The van der Waals surface area contributed by atoms with Gasteiger partial charge in [0.1, 0.15) is 6.61 Å². The van der Waals surface area contributed by atoms with Gasteiger partial charge >= 0.3 is 6.08 Å². The average molecular weight is 228 g/mol. The summed E-state index contributed by atoms with van der Waals surface area (Å²) in [5, 5.41) is 3.61. The lowest BCUT2D eigenvalue weighted by molar-refractivity contribution is 0.00539. The van der Waals surface area contributed by atoms with Gasteiger partial charge in [-0.3, -0.25) is 4.52 Å². The Kier molecular flexibility index (Phi) is 4.12. The number of ether oxygens (including phenoxy) is 3. The molecular formula is C10H16N2O4. The van der Waals surface area contributed by atoms with Crippen molar-refractivity contribution in [1.29, 1.82) is 0 Å². The second-order valence-corrected chi connectivity index (χ2v) is 3.67. The van der Waals surface area contributed by atoms with Gasteiger partial charge in [-0.25, -0.2) is 0 Å². The van der Waals surface area contributed by atoms with E-state index in [0.717, 1.165) is 19.4 Å². The lowest BCUT2D eigenvalue weighted by Crippen LogP contribution is -2.17. The Morgan fingerprint density at radius 1 is 1.44 bits per heavy atom. The van der Waals surface area contributed by atoms with E-state index < -0.39 is 0 Å². The van der Waals surface area contributed by atoms with Crippen molar-refractivity contribution in [3.05, 3.63) is 5.82 Å². The predicted molar refractivity (Wildman–Crippen MR) is 54.3 cm³/mol. The summed E-state index contributed by atoms with van der Waals surface area (Å²) >= 11 is 0. The van der Waals surface area contributed by atoms with Crippen LogP contribution in [-0.4, -0.2) is 42.7 Å². The lowest BCUT2D eigenvalue weighted by atomic mass is 10.2. The maximum absolute atomic E-state index is 5.41. The zero-order chi connectivity index (χ0) is 11.2. The number of nitrogens with zero attached hydrogens (tertiary/aromatic N) is 2. The first kappa shape index (κ1) is 11.3. The van der Waals surface area contributed by atoms with Gasteiger partial charge in [-0.1, -0.05) is 5.16 Å². The van der Waals surface area contributed by atoms with Crippen LogP contribution in [0.2, 0.25) is 0 Å². The molecular weight excluding hydrogens is 212 g/mol. The first-order valence-electron chi connectivity index (χ1n) is 5.47. The Bertz CT molecular complexity index is 310. The molecule has 0 unspecified atom stereocenters. The minimum atomic E-state index is 0.193. The Morgan fingerprint density at radius 2 is 2.38 bits per heavy atom. The van der Waals surface area contributed by atoms with Gasteiger partial charge in [-0.15, -0.1) is 0 Å². The summed E-state index contributed by atoms with van der Waals surface area (Å²) in [6.45, 7) is 4.14. The first-order chi connectivity index (χ1) is 7.84. The van der Waals surface area contributed by atoms with Crippen molar-refractivity contribution in [3.63, 3.8) is 0 Å². The first-order valence-corrected chi connectivity index (χ1v) is 5.47. The zero-order valence-corrected chi connectivity index (χ0v) is 9.35. The maximum atomic E-state index is 5.41. The molecule has 0 radical (unpaired) electrons. The third kappa shape index (κ3) is 3.46. The van der Waals surface area contributed by atoms with Crippen LogP contribution in [0.25, 0.3) is 0 Å². The molecule has 2 heterocycles. The maximum Gasteiger partial charge on any atom is 0.417 e. The van der Waals surface area contributed by atoms with E-state index in [0.29, 0.717) is 25.6 Å². The average Bonchev–Trinajstić information content (AvgIpc) is 2.89. The van der Waals surface area contributed by atoms with Gasteiger partial charge in [0.25, 0.3) is 0 Å². The summed E-state index contributed by atoms with van der Waals surface area (Å²) in [6.07, 6.45) is 2.67. The van der Waals surface area contributed by atoms with Crippen LogP contribution in [0, 0.1) is 6.92 Å². The van der Waals surface area contributed by atoms with E-state index in [1.807, 2.05) is 0 Å². The Balaban J connectivity index is 1.51. The molecule has 1 aromatic heterocycles. The molecule has 0 N–H and O–H groups in total. The molecule has 1 aliphatic heterocycles. The van der Waals surface area contributed by atoms with Crippen molar-refractivity contribution in [2.75, 3.05) is 26.4 Å². The standard InChI is InChI=1S/C10H16N2O4/c1-8-11-10(16-12-8)15-6-5-13-7-9-3-2-4-14-9/h9H,2-7H2,1H3/t9-/m0/s1. The van der Waals surface area contributed by atoms with Gasteiger partial charge in [-0.05, 0) is 19.8 Å². The fraction of sp³-hybridized carbons (Fsp3) is 0.800. The van der Waals surface area contributed by atoms with Crippen LogP contribution >= 0.6 is 0 Å². The topological polar surface area (TPSA) is 66.6 Å². The second kappa shape index (κ2) is 5.81. The van der Waals surface area contributed by atoms with Crippen LogP contribution in [0.5, 0.6) is 6.08 Å². The molecule has 0 amide bonds. The predicted octanol–water partition coefficient (Wildman–Crippen LogP) is 0.952. The van der Waals surface area contributed by atoms with Crippen molar-refractivity contribution in [3.8, 4) is 6.08 Å². The minimum absolute atomic E-state index is 0.193. The highest BCUT2D eigenvalue weighted by molar-refractivity contribution is 4.86. The van der Waals surface area contributed by atoms with Gasteiger partial charge in [0.05, 0.1) is 19.3 Å². The summed E-state index contributed by atoms with van der Waals surface area (Å²) in [5.74, 6) is 0.565. The van der Waals surface area contributed by atoms with Crippen LogP contribution < -0.4 is 4.74 Å². The molecule has 2 rings (SSSR count). The monoisotopic (exact) mass is 228 g/mol. The van der Waals surface area contributed by atoms with E-state index in [1.165, 1.54) is 0 Å². The molecule has 0 aliphatic carbocycles. The highest BCUT2D eigenvalue weighted by Crippen LogP contribution is 2.11. The number of aryl methyl sites for hydroxylation is 1. The molecule has 0 saturated carbocycles. The van der Waals surface area contributed by atoms with Crippen molar-refractivity contribution in [2.24, 2.45) is 0 Å². The zero-order valence-electron chi connectivity index (χ0n) is 9.35. The van der Waals surface area contributed by atoms with Crippen LogP contribution in [0.4, 0.5) is 0 Å². The Morgan fingerprint density at radius 3 is 3.06 bits per heavy atom. The number of hydrogen-bond donors (Lipinski definition) is 0. The van der Waals surface area contributed by atoms with Gasteiger partial charge < -0.3 is 14.2 Å². The van der Waals surface area contributed by atoms with Crippen molar-refractivity contribution >= 4 is 0 Å². The molecule has 6 heteroatoms. The third-order valence-electron chi connectivity index (χ3n) is 2.29. The normalized spacial score (nSPS) is 20.2. The van der Waals surface area contributed by atoms with E-state index in [-0.39, 0.29) is 12.2 Å². The van der Waals surface area contributed by atoms with Gasteiger partial charge in [0.15, 0.2) is 5.82 Å². The second-order valence-electron chi connectivity index (χ2n) is 3.67. The summed E-state index contributed by atoms with van der Waals surface area (Å²) in [6, 6.07) is 0. The molecule has 0 bridgehead atoms. The summed E-state index contributed by atoms with van der Waals surface area (Å²) in [4.78, 5) is 3.91. The van der Waals surface area contributed by atoms with Crippen LogP contribution in [-0.2, 0) is 9.47 Å². The van der Waals surface area contributed by atoms with Crippen LogP contribution in [0.1, 0.15) is 18.7 Å². The smallest absolute Gasteiger partial charge is 0.417 e. The summed E-state index contributed by atoms with van der Waals surface area (Å²) < 4.78 is 20.8. The highest BCUT2D eigenvalue weighted by atomic mass is 16.6. The fourth-order valence-corrected chi connectivity index (χ4v) is 1.52. The molecule has 6 nitrogen and oxygen atoms in total. The van der Waals surface area contributed by atoms with Crippen molar-refractivity contribution < 1.29 is 18.7 Å². The summed E-state index contributed by atoms with van der Waals surface area (Å²) in [5.41, 5.74) is 0. The third-order valence-corrected chi connectivity index (χ3v) is 2.29. The van der Waals surface area contributed by atoms with Crippen LogP contribution in [0.15, 0.2) is 4.52 Å². The lowest BCUT2D eigenvalue weighted by Gasteiger charge is -2.09. The van der Waals surface area contributed by atoms with Gasteiger partial charge in [0.2, 0.25) is 0 Å². The highest BCUT2D eigenvalue weighted by Gasteiger charge is 2.15. The molecule has 1 saturated heterocycles.